The third-order valence-electron chi connectivity index (χ3n) is 3.09. The molecule has 0 aliphatic carbocycles. The molecule has 3 rings (SSSR count). The van der Waals surface area contributed by atoms with E-state index in [2.05, 4.69) is 4.98 Å². The van der Waals surface area contributed by atoms with Crippen molar-refractivity contribution in [3.63, 3.8) is 0 Å². The number of hydrogen-bond acceptors (Lipinski definition) is 2. The second kappa shape index (κ2) is 4.44. The van der Waals surface area contributed by atoms with Gasteiger partial charge >= 0.3 is 0 Å². The Morgan fingerprint density at radius 3 is 2.68 bits per heavy atom. The largest absolute Gasteiger partial charge is 0.398 e. The number of anilines is 1. The van der Waals surface area contributed by atoms with Crippen LogP contribution >= 0.6 is 11.6 Å². The maximum absolute atomic E-state index is 12.5. The van der Waals surface area contributed by atoms with E-state index in [1.807, 2.05) is 6.07 Å². The number of nitrogens with one attached hydrogen (secondary N) is 1. The SMILES string of the molecule is Nc1ccccc1C(=O)c1c[nH]c2ccc(Cl)cc12. The van der Waals surface area contributed by atoms with Crippen molar-refractivity contribution in [2.45, 2.75) is 0 Å². The molecule has 0 fully saturated rings. The molecule has 0 unspecified atom stereocenters. The zero-order valence-electron chi connectivity index (χ0n) is 9.98. The molecule has 19 heavy (non-hydrogen) atoms. The molecule has 3 N–H and O–H groups in total. The molecular formula is C15H11ClN2O. The molecule has 3 aromatic rings. The van der Waals surface area contributed by atoms with Gasteiger partial charge in [0.1, 0.15) is 0 Å². The number of halogens is 1. The number of fused-ring (bicyclic) bond motifs is 1. The van der Waals surface area contributed by atoms with E-state index in [4.69, 9.17) is 17.3 Å². The summed E-state index contributed by atoms with van der Waals surface area (Å²) in [5.41, 5.74) is 8.28. The molecule has 0 radical (unpaired) electrons. The fraction of sp³-hybridized carbons (Fsp3) is 0. The smallest absolute Gasteiger partial charge is 0.197 e. The molecule has 1 heterocycles. The summed E-state index contributed by atoms with van der Waals surface area (Å²) in [6.45, 7) is 0. The third-order valence-corrected chi connectivity index (χ3v) is 3.33. The fourth-order valence-corrected chi connectivity index (χ4v) is 2.30. The average Bonchev–Trinajstić information content (AvgIpc) is 2.81. The number of ketones is 1. The average molecular weight is 271 g/mol. The summed E-state index contributed by atoms with van der Waals surface area (Å²) < 4.78 is 0. The van der Waals surface area contributed by atoms with Crippen molar-refractivity contribution in [3.8, 4) is 0 Å². The number of aromatic nitrogens is 1. The van der Waals surface area contributed by atoms with Gasteiger partial charge in [-0.25, -0.2) is 0 Å². The van der Waals surface area contributed by atoms with Crippen molar-refractivity contribution in [2.75, 3.05) is 5.73 Å². The predicted octanol–water partition coefficient (Wildman–Crippen LogP) is 3.63. The van der Waals surface area contributed by atoms with Crippen LogP contribution in [0, 0.1) is 0 Å². The number of nitrogen functional groups attached to an aromatic ring is 1. The Labute approximate surface area is 115 Å². The van der Waals surface area contributed by atoms with Gasteiger partial charge in [0.2, 0.25) is 0 Å². The standard InChI is InChI=1S/C15H11ClN2O/c16-9-5-6-14-11(7-9)12(8-18-14)15(19)10-3-1-2-4-13(10)17/h1-8,18H,17H2. The summed E-state index contributed by atoms with van der Waals surface area (Å²) in [5.74, 6) is -0.105. The fourth-order valence-electron chi connectivity index (χ4n) is 2.13. The second-order valence-electron chi connectivity index (χ2n) is 4.31. The minimum atomic E-state index is -0.105. The van der Waals surface area contributed by atoms with Gasteiger partial charge in [-0.15, -0.1) is 0 Å². The van der Waals surface area contributed by atoms with Gasteiger partial charge < -0.3 is 10.7 Å². The number of hydrogen-bond donors (Lipinski definition) is 2. The van der Waals surface area contributed by atoms with Crippen LogP contribution in [0.4, 0.5) is 5.69 Å². The lowest BCUT2D eigenvalue weighted by atomic mass is 10.0. The van der Waals surface area contributed by atoms with E-state index >= 15 is 0 Å². The van der Waals surface area contributed by atoms with Crippen LogP contribution in [-0.2, 0) is 0 Å². The van der Waals surface area contributed by atoms with Crippen molar-refractivity contribution in [1.82, 2.24) is 4.98 Å². The first-order valence-corrected chi connectivity index (χ1v) is 6.20. The summed E-state index contributed by atoms with van der Waals surface area (Å²) in [5, 5.41) is 1.41. The quantitative estimate of drug-likeness (QED) is 0.552. The summed E-state index contributed by atoms with van der Waals surface area (Å²) >= 11 is 5.98. The molecule has 94 valence electrons. The Hall–Kier alpha value is -2.26. The summed E-state index contributed by atoms with van der Waals surface area (Å²) in [6, 6.07) is 12.5. The molecule has 0 atom stereocenters. The van der Waals surface area contributed by atoms with E-state index in [9.17, 15) is 4.79 Å². The minimum Gasteiger partial charge on any atom is -0.398 e. The Balaban J connectivity index is 2.17. The van der Waals surface area contributed by atoms with Crippen molar-refractivity contribution >= 4 is 34.0 Å². The zero-order valence-corrected chi connectivity index (χ0v) is 10.7. The molecule has 0 saturated carbocycles. The molecule has 2 aromatic carbocycles. The van der Waals surface area contributed by atoms with Crippen LogP contribution < -0.4 is 5.73 Å². The normalized spacial score (nSPS) is 10.8. The monoisotopic (exact) mass is 270 g/mol. The first-order valence-electron chi connectivity index (χ1n) is 5.82. The predicted molar refractivity (Wildman–Crippen MR) is 77.6 cm³/mol. The van der Waals surface area contributed by atoms with Gasteiger partial charge in [0, 0.05) is 38.9 Å². The highest BCUT2D eigenvalue weighted by molar-refractivity contribution is 6.31. The highest BCUT2D eigenvalue weighted by Gasteiger charge is 2.16. The van der Waals surface area contributed by atoms with Gasteiger partial charge in [0.15, 0.2) is 5.78 Å². The van der Waals surface area contributed by atoms with Crippen LogP contribution in [0.3, 0.4) is 0 Å². The molecule has 0 bridgehead atoms. The Bertz CT molecular complexity index is 777. The summed E-state index contributed by atoms with van der Waals surface area (Å²) in [4.78, 5) is 15.6. The Kier molecular flexibility index (Phi) is 2.76. The maximum atomic E-state index is 12.5. The van der Waals surface area contributed by atoms with Gasteiger partial charge in [-0.3, -0.25) is 4.79 Å². The Morgan fingerprint density at radius 1 is 1.11 bits per heavy atom. The van der Waals surface area contributed by atoms with E-state index in [0.29, 0.717) is 21.8 Å². The summed E-state index contributed by atoms with van der Waals surface area (Å²) in [6.07, 6.45) is 1.69. The first-order chi connectivity index (χ1) is 9.16. The summed E-state index contributed by atoms with van der Waals surface area (Å²) in [7, 11) is 0. The van der Waals surface area contributed by atoms with Crippen LogP contribution in [0.2, 0.25) is 5.02 Å². The van der Waals surface area contributed by atoms with E-state index in [1.165, 1.54) is 0 Å². The molecular weight excluding hydrogens is 260 g/mol. The lowest BCUT2D eigenvalue weighted by Crippen LogP contribution is -2.04. The van der Waals surface area contributed by atoms with Gasteiger partial charge in [-0.05, 0) is 30.3 Å². The molecule has 0 aliphatic rings. The van der Waals surface area contributed by atoms with Crippen molar-refractivity contribution in [3.05, 3.63) is 64.8 Å². The maximum Gasteiger partial charge on any atom is 0.197 e. The lowest BCUT2D eigenvalue weighted by molar-refractivity contribution is 0.104. The number of nitrogens with two attached hydrogens (primary N) is 1. The molecule has 3 nitrogen and oxygen atoms in total. The van der Waals surface area contributed by atoms with E-state index < -0.39 is 0 Å². The van der Waals surface area contributed by atoms with Crippen molar-refractivity contribution in [1.29, 1.82) is 0 Å². The molecule has 0 saturated heterocycles. The van der Waals surface area contributed by atoms with Gasteiger partial charge in [0.05, 0.1) is 0 Å². The first kappa shape index (κ1) is 11.8. The van der Waals surface area contributed by atoms with Gasteiger partial charge in [-0.1, -0.05) is 23.7 Å². The van der Waals surface area contributed by atoms with E-state index in [0.717, 1.165) is 10.9 Å². The number of carbonyl (C=O) groups is 1. The van der Waals surface area contributed by atoms with Crippen molar-refractivity contribution < 1.29 is 4.79 Å². The Morgan fingerprint density at radius 2 is 1.89 bits per heavy atom. The molecule has 4 heteroatoms. The lowest BCUT2D eigenvalue weighted by Gasteiger charge is -2.03. The van der Waals surface area contributed by atoms with Gasteiger partial charge in [0.25, 0.3) is 0 Å². The minimum absolute atomic E-state index is 0.105. The van der Waals surface area contributed by atoms with Crippen LogP contribution in [0.1, 0.15) is 15.9 Å². The van der Waals surface area contributed by atoms with Crippen molar-refractivity contribution in [2.24, 2.45) is 0 Å². The van der Waals surface area contributed by atoms with Gasteiger partial charge in [-0.2, -0.15) is 0 Å². The number of para-hydroxylation sites is 1. The highest BCUT2D eigenvalue weighted by atomic mass is 35.5. The number of benzene rings is 2. The molecule has 0 aliphatic heterocycles. The number of rotatable bonds is 2. The zero-order chi connectivity index (χ0) is 13.4. The van der Waals surface area contributed by atoms with Crippen LogP contribution in [0.25, 0.3) is 10.9 Å². The van der Waals surface area contributed by atoms with Crippen LogP contribution in [0.15, 0.2) is 48.7 Å². The molecule has 0 amide bonds. The van der Waals surface area contributed by atoms with E-state index in [1.54, 1.807) is 42.6 Å². The topological polar surface area (TPSA) is 58.9 Å². The number of carbonyl (C=O) groups excluding carboxylic acids is 1. The molecule has 1 aromatic heterocycles. The second-order valence-corrected chi connectivity index (χ2v) is 4.75. The highest BCUT2D eigenvalue weighted by Crippen LogP contribution is 2.25. The number of H-pyrrole nitrogens is 1. The third kappa shape index (κ3) is 1.98. The number of aromatic amines is 1. The van der Waals surface area contributed by atoms with E-state index in [-0.39, 0.29) is 5.78 Å². The molecule has 0 spiro atoms. The van der Waals surface area contributed by atoms with Crippen LogP contribution in [-0.4, -0.2) is 10.8 Å². The van der Waals surface area contributed by atoms with Crippen LogP contribution in [0.5, 0.6) is 0 Å².